The van der Waals surface area contributed by atoms with E-state index in [1.54, 1.807) is 17.0 Å². The number of benzene rings is 1. The van der Waals surface area contributed by atoms with Gasteiger partial charge in [-0.3, -0.25) is 4.79 Å². The largest absolute Gasteiger partial charge is 0.478 e. The van der Waals surface area contributed by atoms with E-state index in [9.17, 15) is 19.5 Å². The molecule has 9 atom stereocenters. The summed E-state index contributed by atoms with van der Waals surface area (Å²) in [6.45, 7) is 11.6. The number of carboxylic acids is 1. The summed E-state index contributed by atoms with van der Waals surface area (Å²) in [5.41, 5.74) is 3.54. The van der Waals surface area contributed by atoms with Gasteiger partial charge in [0.05, 0.1) is 5.56 Å². The van der Waals surface area contributed by atoms with Crippen LogP contribution in [0.4, 0.5) is 4.79 Å². The van der Waals surface area contributed by atoms with Crippen molar-refractivity contribution >= 4 is 23.5 Å². The van der Waals surface area contributed by atoms with Crippen molar-refractivity contribution in [2.24, 2.45) is 45.8 Å². The van der Waals surface area contributed by atoms with Crippen molar-refractivity contribution in [3.63, 3.8) is 0 Å². The number of hydrogen-bond acceptors (Lipinski definition) is 3. The Kier molecular flexibility index (Phi) is 7.02. The average molecular weight is 602 g/mol. The molecule has 0 bridgehead atoms. The Bertz CT molecular complexity index is 1390. The second-order valence-corrected chi connectivity index (χ2v) is 16.1. The number of piperazine rings is 1. The fraction of sp³-hybridized carbons (Fsp3) is 0.703. The van der Waals surface area contributed by atoms with Crippen LogP contribution in [-0.2, 0) is 4.79 Å². The number of hydrogen-bond donors (Lipinski definition) is 3. The molecule has 7 heteroatoms. The van der Waals surface area contributed by atoms with Crippen LogP contribution < -0.4 is 10.6 Å². The van der Waals surface area contributed by atoms with Gasteiger partial charge in [-0.05, 0) is 127 Å². The van der Waals surface area contributed by atoms with Crippen molar-refractivity contribution in [3.8, 4) is 0 Å². The second kappa shape index (κ2) is 10.3. The minimum Gasteiger partial charge on any atom is -0.478 e. The molecule has 3 amide bonds. The van der Waals surface area contributed by atoms with Crippen LogP contribution in [-0.4, -0.2) is 53.1 Å². The lowest BCUT2D eigenvalue weighted by Crippen LogP contribution is -2.68. The first-order valence-electron chi connectivity index (χ1n) is 17.3. The fourth-order valence-electron chi connectivity index (χ4n) is 12.3. The van der Waals surface area contributed by atoms with Crippen LogP contribution in [0.15, 0.2) is 30.3 Å². The first-order valence-corrected chi connectivity index (χ1v) is 17.3. The summed E-state index contributed by atoms with van der Waals surface area (Å²) >= 11 is 0. The molecule has 1 aromatic carbocycles. The smallest absolute Gasteiger partial charge is 0.335 e. The molecule has 7 unspecified atom stereocenters. The third kappa shape index (κ3) is 4.23. The molecule has 3 N–H and O–H groups in total. The van der Waals surface area contributed by atoms with Crippen LogP contribution >= 0.6 is 0 Å². The lowest BCUT2D eigenvalue weighted by Gasteiger charge is -2.71. The Balaban J connectivity index is 1.14. The minimum absolute atomic E-state index is 0.0420. The Morgan fingerprint density at radius 3 is 2.43 bits per heavy atom. The number of allylic oxidation sites excluding steroid dienone is 2. The van der Waals surface area contributed by atoms with E-state index >= 15 is 0 Å². The fourth-order valence-corrected chi connectivity index (χ4v) is 12.3. The third-order valence-corrected chi connectivity index (χ3v) is 14.7. The van der Waals surface area contributed by atoms with E-state index in [4.69, 9.17) is 0 Å². The molecule has 1 heterocycles. The van der Waals surface area contributed by atoms with Gasteiger partial charge in [0.25, 0.3) is 0 Å². The molecule has 5 aliphatic carbocycles. The Morgan fingerprint density at radius 1 is 0.932 bits per heavy atom. The summed E-state index contributed by atoms with van der Waals surface area (Å²) in [5.74, 6) is 1.92. The highest BCUT2D eigenvalue weighted by Gasteiger charge is 2.68. The van der Waals surface area contributed by atoms with E-state index < -0.39 is 5.97 Å². The van der Waals surface area contributed by atoms with Crippen molar-refractivity contribution in [3.05, 3.63) is 41.5 Å². The molecular weight excluding hydrogens is 550 g/mol. The molecule has 0 radical (unpaired) electrons. The number of carboxylic acid groups (broad SMARTS) is 1. The maximum absolute atomic E-state index is 13.5. The van der Waals surface area contributed by atoms with Gasteiger partial charge in [-0.25, -0.2) is 9.59 Å². The highest BCUT2D eigenvalue weighted by molar-refractivity contribution is 5.88. The Hall–Kier alpha value is -2.83. The van der Waals surface area contributed by atoms with Gasteiger partial charge in [0, 0.05) is 18.6 Å². The zero-order valence-electron chi connectivity index (χ0n) is 27.1. The van der Waals surface area contributed by atoms with Crippen LogP contribution in [0.3, 0.4) is 0 Å². The zero-order chi connectivity index (χ0) is 31.1. The lowest BCUT2D eigenvalue weighted by molar-refractivity contribution is -0.210. The molecule has 6 aliphatic rings. The van der Waals surface area contributed by atoms with Crippen LogP contribution in [0.5, 0.6) is 0 Å². The molecule has 1 saturated heterocycles. The maximum Gasteiger partial charge on any atom is 0.335 e. The number of carbonyl (C=O) groups excluding carboxylic acids is 2. The molecule has 238 valence electrons. The number of fused-ring (bicyclic) bond motifs is 7. The summed E-state index contributed by atoms with van der Waals surface area (Å²) in [6.07, 6.45) is 14.2. The third-order valence-electron chi connectivity index (χ3n) is 14.7. The van der Waals surface area contributed by atoms with Gasteiger partial charge in [0.1, 0.15) is 6.54 Å². The van der Waals surface area contributed by atoms with Crippen molar-refractivity contribution in [2.75, 3.05) is 19.6 Å². The number of nitrogens with one attached hydrogen (secondary N) is 2. The number of aromatic carboxylic acids is 1. The van der Waals surface area contributed by atoms with Gasteiger partial charge in [-0.2, -0.15) is 0 Å². The second-order valence-electron chi connectivity index (χ2n) is 16.1. The first-order chi connectivity index (χ1) is 20.9. The van der Waals surface area contributed by atoms with Gasteiger partial charge >= 0.3 is 12.0 Å². The maximum atomic E-state index is 13.5. The highest BCUT2D eigenvalue weighted by atomic mass is 16.4. The Morgan fingerprint density at radius 2 is 1.70 bits per heavy atom. The quantitative estimate of drug-likeness (QED) is 0.358. The molecule has 0 spiro atoms. The predicted molar refractivity (Wildman–Crippen MR) is 171 cm³/mol. The van der Waals surface area contributed by atoms with Crippen LogP contribution in [0, 0.1) is 45.8 Å². The molecule has 7 nitrogen and oxygen atoms in total. The van der Waals surface area contributed by atoms with E-state index in [-0.39, 0.29) is 40.3 Å². The van der Waals surface area contributed by atoms with Gasteiger partial charge in [0.15, 0.2) is 0 Å². The molecule has 5 fully saturated rings. The van der Waals surface area contributed by atoms with Crippen molar-refractivity contribution in [1.29, 1.82) is 0 Å². The SMILES string of the molecule is CC1C(c2ccc(C(=O)O)cc2)=CCC2(C)C1CC[C@]1(C)C2CCC2C3CCCC3(NC(=O)N3CCNC(=O)C3)CC[C@]21C. The molecular formula is C37H51N3O4. The van der Waals surface area contributed by atoms with E-state index in [1.807, 2.05) is 12.1 Å². The van der Waals surface area contributed by atoms with Gasteiger partial charge in [-0.15, -0.1) is 0 Å². The summed E-state index contributed by atoms with van der Waals surface area (Å²) in [4.78, 5) is 38.6. The van der Waals surface area contributed by atoms with Gasteiger partial charge < -0.3 is 20.6 Å². The van der Waals surface area contributed by atoms with E-state index in [2.05, 4.69) is 44.4 Å². The molecule has 1 aromatic rings. The van der Waals surface area contributed by atoms with Gasteiger partial charge in [0.2, 0.25) is 5.91 Å². The monoisotopic (exact) mass is 601 g/mol. The van der Waals surface area contributed by atoms with Crippen LogP contribution in [0.25, 0.3) is 5.57 Å². The van der Waals surface area contributed by atoms with Crippen molar-refractivity contribution < 1.29 is 19.5 Å². The number of nitrogens with zero attached hydrogens (tertiary/aromatic N) is 1. The van der Waals surface area contributed by atoms with Crippen LogP contribution in [0.2, 0.25) is 0 Å². The summed E-state index contributed by atoms with van der Waals surface area (Å²) in [6, 6.07) is 7.46. The molecule has 4 saturated carbocycles. The molecule has 44 heavy (non-hydrogen) atoms. The summed E-state index contributed by atoms with van der Waals surface area (Å²) in [5, 5.41) is 15.8. The Labute approximate surface area is 262 Å². The van der Waals surface area contributed by atoms with Crippen LogP contribution in [0.1, 0.15) is 108 Å². The lowest BCUT2D eigenvalue weighted by atomic mass is 9.34. The normalized spacial score (nSPS) is 43.0. The average Bonchev–Trinajstić information content (AvgIpc) is 3.41. The minimum atomic E-state index is -0.874. The zero-order valence-corrected chi connectivity index (χ0v) is 27.1. The highest BCUT2D eigenvalue weighted by Crippen LogP contribution is 2.75. The van der Waals surface area contributed by atoms with E-state index in [1.165, 1.54) is 49.7 Å². The number of urea groups is 1. The number of carbonyl (C=O) groups is 3. The first kappa shape index (κ1) is 29.9. The number of rotatable bonds is 3. The van der Waals surface area contributed by atoms with Gasteiger partial charge in [-0.1, -0.05) is 52.3 Å². The summed E-state index contributed by atoms with van der Waals surface area (Å²) in [7, 11) is 0. The van der Waals surface area contributed by atoms with Crippen molar-refractivity contribution in [2.45, 2.75) is 97.4 Å². The van der Waals surface area contributed by atoms with E-state index in [0.717, 1.165) is 25.7 Å². The standard InChI is InChI=1S/C37H51N3O4/c1-23-26(24-7-9-25(10-8-24)32(42)43)13-16-34(2)27(23)14-17-36(4)30(34)12-11-28-29-6-5-15-37(29,19-18-35(28,36)3)39-33(44)40-21-20-38-31(41)22-40/h7-10,13,23,27-30H,5-6,11-12,14-22H2,1-4H3,(H,38,41)(H,39,44)(H,42,43)/t23?,27?,28?,29?,30?,34?,35-,36-,37?/m1/s1. The van der Waals surface area contributed by atoms with E-state index in [0.29, 0.717) is 48.2 Å². The molecule has 0 aromatic heterocycles. The summed E-state index contributed by atoms with van der Waals surface area (Å²) < 4.78 is 0. The number of amides is 3. The molecule has 7 rings (SSSR count). The topological polar surface area (TPSA) is 98.7 Å². The van der Waals surface area contributed by atoms with Crippen molar-refractivity contribution in [1.82, 2.24) is 15.5 Å². The predicted octanol–water partition coefficient (Wildman–Crippen LogP) is 6.74. The molecule has 1 aliphatic heterocycles.